The van der Waals surface area contributed by atoms with Crippen molar-refractivity contribution in [2.24, 2.45) is 11.8 Å². The molecule has 3 amide bonds. The third kappa shape index (κ3) is 10.7. The van der Waals surface area contributed by atoms with Crippen LogP contribution in [0.5, 0.6) is 0 Å². The summed E-state index contributed by atoms with van der Waals surface area (Å²) in [6, 6.07) is 0. The Kier molecular flexibility index (Phi) is 13.1. The number of nitrogens with one attached hydrogen (secondary N) is 3. The molecule has 2 unspecified atom stereocenters. The first kappa shape index (κ1) is 31.2. The summed E-state index contributed by atoms with van der Waals surface area (Å²) in [7, 11) is 1.16. The van der Waals surface area contributed by atoms with E-state index in [9.17, 15) is 19.2 Å². The number of ether oxygens (including phenoxy) is 2. The van der Waals surface area contributed by atoms with Gasteiger partial charge in [0.05, 0.1) is 23.9 Å². The molecule has 1 saturated carbocycles. The van der Waals surface area contributed by atoms with Gasteiger partial charge >= 0.3 is 5.97 Å². The van der Waals surface area contributed by atoms with Crippen molar-refractivity contribution in [3.63, 3.8) is 0 Å². The summed E-state index contributed by atoms with van der Waals surface area (Å²) in [6.07, 6.45) is 7.54. The molecule has 210 valence electrons. The van der Waals surface area contributed by atoms with Crippen molar-refractivity contribution in [3.05, 3.63) is 40.6 Å². The molecule has 0 bridgehead atoms. The van der Waals surface area contributed by atoms with E-state index in [1.165, 1.54) is 11.3 Å². The smallest absolute Gasteiger partial charge is 0.353 e. The van der Waals surface area contributed by atoms with E-state index in [-0.39, 0.29) is 35.0 Å². The molecule has 1 aromatic rings. The van der Waals surface area contributed by atoms with Crippen LogP contribution in [0.25, 0.3) is 0 Å². The van der Waals surface area contributed by atoms with Gasteiger partial charge in [0.25, 0.3) is 11.8 Å². The van der Waals surface area contributed by atoms with Crippen LogP contribution in [0.1, 0.15) is 74.3 Å². The predicted octanol–water partition coefficient (Wildman–Crippen LogP) is 3.25. The minimum atomic E-state index is -0.796. The number of carbonyl (C=O) groups is 4. The summed E-state index contributed by atoms with van der Waals surface area (Å²) in [5, 5.41) is 10.1. The minimum absolute atomic E-state index is 0.0221. The molecule has 1 aliphatic rings. The molecule has 38 heavy (non-hydrogen) atoms. The van der Waals surface area contributed by atoms with Crippen LogP contribution in [0, 0.1) is 11.8 Å². The monoisotopic (exact) mass is 548 g/mol. The van der Waals surface area contributed by atoms with Crippen LogP contribution in [0.3, 0.4) is 0 Å². The second-order valence-electron chi connectivity index (χ2n) is 9.68. The van der Waals surface area contributed by atoms with E-state index in [1.807, 2.05) is 13.8 Å². The van der Waals surface area contributed by atoms with Gasteiger partial charge in [-0.05, 0) is 45.4 Å². The topological polar surface area (TPSA) is 136 Å². The molecule has 11 heteroatoms. The average molecular weight is 549 g/mol. The molecule has 10 nitrogen and oxygen atoms in total. The van der Waals surface area contributed by atoms with Crippen LogP contribution in [0.2, 0.25) is 0 Å². The molecule has 3 N–H and O–H groups in total. The lowest BCUT2D eigenvalue weighted by Crippen LogP contribution is -2.35. The van der Waals surface area contributed by atoms with E-state index in [0.29, 0.717) is 19.1 Å². The van der Waals surface area contributed by atoms with Gasteiger partial charge in [-0.3, -0.25) is 14.4 Å². The van der Waals surface area contributed by atoms with Crippen molar-refractivity contribution >= 4 is 35.0 Å². The number of esters is 1. The number of aromatic nitrogens is 1. The van der Waals surface area contributed by atoms with E-state index in [1.54, 1.807) is 5.38 Å². The van der Waals surface area contributed by atoms with Gasteiger partial charge < -0.3 is 25.4 Å². The third-order valence-electron chi connectivity index (χ3n) is 6.26. The lowest BCUT2D eigenvalue weighted by Gasteiger charge is -2.24. The summed E-state index contributed by atoms with van der Waals surface area (Å²) >= 11 is 1.39. The molecule has 2 rings (SSSR count). The normalized spacial score (nSPS) is 17.6. The van der Waals surface area contributed by atoms with Crippen LogP contribution in [-0.4, -0.2) is 55.0 Å². The first-order chi connectivity index (χ1) is 18.1. The third-order valence-corrected chi connectivity index (χ3v) is 7.13. The molecule has 0 aliphatic heterocycles. The Morgan fingerprint density at radius 1 is 1.08 bits per heavy atom. The Bertz CT molecular complexity index is 1010. The van der Waals surface area contributed by atoms with Gasteiger partial charge in [0.1, 0.15) is 11.4 Å². The number of thiazole rings is 1. The standard InChI is InChI=1S/C27H40N4O6S/c1-17(2)37-14-8-13-28-25(33)21-10-7-6-9-20(11-12-21)15-23-31-22(16-38-23)26(34)29-18(3)24(32)30-19(4)27(35)36-5/h16-17,20-21H,3-4,6-15H2,1-2,5H3,(H,28,33)(H,29,34)(H,30,32). The molecule has 2 atom stereocenters. The Labute approximate surface area is 228 Å². The van der Waals surface area contributed by atoms with Crippen molar-refractivity contribution < 1.29 is 28.7 Å². The molecule has 0 aromatic carbocycles. The van der Waals surface area contributed by atoms with Gasteiger partial charge in [0, 0.05) is 30.9 Å². The minimum Gasteiger partial charge on any atom is -0.464 e. The molecule has 0 spiro atoms. The van der Waals surface area contributed by atoms with E-state index in [2.05, 4.69) is 38.8 Å². The zero-order chi connectivity index (χ0) is 28.1. The number of hydrogen-bond acceptors (Lipinski definition) is 8. The summed E-state index contributed by atoms with van der Waals surface area (Å²) in [5.41, 5.74) is -0.319. The lowest BCUT2D eigenvalue weighted by molar-refractivity contribution is -0.137. The average Bonchev–Trinajstić information content (AvgIpc) is 3.33. The SMILES string of the molecule is C=C(NC(=O)c1csc(CC2CCCCC(C(=O)NCCCOC(C)C)CC2)n1)C(=O)NC(=C)C(=O)OC. The van der Waals surface area contributed by atoms with Gasteiger partial charge in [0.15, 0.2) is 0 Å². The zero-order valence-electron chi connectivity index (χ0n) is 22.6. The van der Waals surface area contributed by atoms with E-state index >= 15 is 0 Å². The van der Waals surface area contributed by atoms with E-state index in [0.717, 1.165) is 63.5 Å². The summed E-state index contributed by atoms with van der Waals surface area (Å²) in [4.78, 5) is 53.1. The van der Waals surface area contributed by atoms with Crippen molar-refractivity contribution in [1.29, 1.82) is 0 Å². The fourth-order valence-corrected chi connectivity index (χ4v) is 5.05. The predicted molar refractivity (Wildman–Crippen MR) is 145 cm³/mol. The lowest BCUT2D eigenvalue weighted by atomic mass is 9.83. The number of carbonyl (C=O) groups excluding carboxylic acids is 4. The molecular weight excluding hydrogens is 508 g/mol. The van der Waals surface area contributed by atoms with E-state index < -0.39 is 17.8 Å². The number of amides is 3. The number of methoxy groups -OCH3 is 1. The Morgan fingerprint density at radius 3 is 2.53 bits per heavy atom. The molecular formula is C27H40N4O6S. The van der Waals surface area contributed by atoms with Crippen LogP contribution in [0.4, 0.5) is 0 Å². The van der Waals surface area contributed by atoms with Crippen LogP contribution in [-0.2, 0) is 30.3 Å². The molecule has 0 saturated heterocycles. The number of rotatable bonds is 13. The molecule has 0 radical (unpaired) electrons. The van der Waals surface area contributed by atoms with Crippen molar-refractivity contribution in [3.8, 4) is 0 Å². The molecule has 1 heterocycles. The largest absolute Gasteiger partial charge is 0.464 e. The second kappa shape index (κ2) is 16.0. The van der Waals surface area contributed by atoms with Crippen molar-refractivity contribution in [2.45, 2.75) is 71.3 Å². The quantitative estimate of drug-likeness (QED) is 0.196. The highest BCUT2D eigenvalue weighted by molar-refractivity contribution is 7.09. The number of nitrogens with zero attached hydrogens (tertiary/aromatic N) is 1. The first-order valence-corrected chi connectivity index (χ1v) is 13.9. The van der Waals surface area contributed by atoms with E-state index in [4.69, 9.17) is 4.74 Å². The summed E-state index contributed by atoms with van der Waals surface area (Å²) < 4.78 is 9.99. The highest BCUT2D eigenvalue weighted by Gasteiger charge is 2.24. The van der Waals surface area contributed by atoms with Gasteiger partial charge in [-0.1, -0.05) is 32.4 Å². The molecule has 1 aliphatic carbocycles. The van der Waals surface area contributed by atoms with Crippen molar-refractivity contribution in [1.82, 2.24) is 20.9 Å². The Hall–Kier alpha value is -3.05. The Balaban J connectivity index is 1.81. The highest BCUT2D eigenvalue weighted by Crippen LogP contribution is 2.29. The number of hydrogen-bond donors (Lipinski definition) is 3. The first-order valence-electron chi connectivity index (χ1n) is 13.0. The fourth-order valence-electron chi connectivity index (χ4n) is 4.16. The van der Waals surface area contributed by atoms with Crippen molar-refractivity contribution in [2.75, 3.05) is 20.3 Å². The summed E-state index contributed by atoms with van der Waals surface area (Å²) in [5.74, 6) is -1.60. The van der Waals surface area contributed by atoms with Crippen LogP contribution >= 0.6 is 11.3 Å². The highest BCUT2D eigenvalue weighted by atomic mass is 32.1. The molecule has 1 aromatic heterocycles. The van der Waals surface area contributed by atoms with Crippen LogP contribution < -0.4 is 16.0 Å². The van der Waals surface area contributed by atoms with Gasteiger partial charge in [-0.15, -0.1) is 11.3 Å². The Morgan fingerprint density at radius 2 is 1.82 bits per heavy atom. The van der Waals surface area contributed by atoms with Gasteiger partial charge in [-0.25, -0.2) is 9.78 Å². The maximum Gasteiger partial charge on any atom is 0.353 e. The van der Waals surface area contributed by atoms with Gasteiger partial charge in [-0.2, -0.15) is 0 Å². The fraction of sp³-hybridized carbons (Fsp3) is 0.593. The summed E-state index contributed by atoms with van der Waals surface area (Å²) in [6.45, 7) is 12.2. The van der Waals surface area contributed by atoms with Gasteiger partial charge in [0.2, 0.25) is 5.91 Å². The second-order valence-corrected chi connectivity index (χ2v) is 10.6. The van der Waals surface area contributed by atoms with Crippen LogP contribution in [0.15, 0.2) is 29.9 Å². The zero-order valence-corrected chi connectivity index (χ0v) is 23.4. The maximum absolute atomic E-state index is 12.7. The maximum atomic E-state index is 12.7. The molecule has 1 fully saturated rings.